The van der Waals surface area contributed by atoms with E-state index in [2.05, 4.69) is 5.16 Å². The van der Waals surface area contributed by atoms with Crippen molar-refractivity contribution in [3.05, 3.63) is 46.1 Å². The average molecular weight is 401 g/mol. The van der Waals surface area contributed by atoms with Crippen LogP contribution in [0.4, 0.5) is 19.1 Å². The van der Waals surface area contributed by atoms with Gasteiger partial charge in [0.2, 0.25) is 5.88 Å². The predicted molar refractivity (Wildman–Crippen MR) is 95.5 cm³/mol. The van der Waals surface area contributed by atoms with Gasteiger partial charge in [0.25, 0.3) is 0 Å². The largest absolute Gasteiger partial charge is 0.417 e. The summed E-state index contributed by atoms with van der Waals surface area (Å²) in [6.45, 7) is 0. The van der Waals surface area contributed by atoms with E-state index < -0.39 is 16.8 Å². The Bertz CT molecular complexity index is 820. The van der Waals surface area contributed by atoms with Crippen LogP contribution in [-0.4, -0.2) is 10.9 Å². The maximum atomic E-state index is 12.8. The van der Waals surface area contributed by atoms with Crippen molar-refractivity contribution in [2.75, 3.05) is 5.73 Å². The molecule has 1 aliphatic rings. The number of nitrogens with zero attached hydrogens (tertiary/aromatic N) is 1. The van der Waals surface area contributed by atoms with Crippen LogP contribution < -0.4 is 5.73 Å². The molecule has 1 saturated carbocycles. The molecule has 0 bridgehead atoms. The first-order valence-electron chi connectivity index (χ1n) is 8.86. The summed E-state index contributed by atoms with van der Waals surface area (Å²) < 4.78 is 43.4. The number of hydrogen-bond acceptors (Lipinski definition) is 4. The molecular formula is C19H20ClF3N2O2. The van der Waals surface area contributed by atoms with E-state index in [-0.39, 0.29) is 23.1 Å². The summed E-state index contributed by atoms with van der Waals surface area (Å²) in [5.74, 6) is 0.316. The van der Waals surface area contributed by atoms with Gasteiger partial charge in [-0.05, 0) is 43.7 Å². The van der Waals surface area contributed by atoms with Gasteiger partial charge in [0, 0.05) is 17.5 Å². The predicted octanol–water partition coefficient (Wildman–Crippen LogP) is 5.55. The Labute approximate surface area is 159 Å². The van der Waals surface area contributed by atoms with E-state index in [0.29, 0.717) is 12.3 Å². The molecule has 1 heterocycles. The van der Waals surface area contributed by atoms with Crippen molar-refractivity contribution < 1.29 is 22.5 Å². The maximum absolute atomic E-state index is 12.8. The SMILES string of the molecule is Nc1cc(CC2CCCC(C(=O)c3ccc(C(F)(F)F)c(Cl)c3)CC2)no1. The van der Waals surface area contributed by atoms with Crippen LogP contribution in [0.15, 0.2) is 28.8 Å². The van der Waals surface area contributed by atoms with E-state index in [1.165, 1.54) is 6.07 Å². The smallest absolute Gasteiger partial charge is 0.368 e. The molecule has 0 radical (unpaired) electrons. The molecule has 146 valence electrons. The second-order valence-electron chi connectivity index (χ2n) is 7.05. The van der Waals surface area contributed by atoms with Crippen LogP contribution in [0.25, 0.3) is 0 Å². The molecule has 4 nitrogen and oxygen atoms in total. The van der Waals surface area contributed by atoms with Gasteiger partial charge in [0.15, 0.2) is 5.78 Å². The summed E-state index contributed by atoms with van der Waals surface area (Å²) in [4.78, 5) is 12.8. The molecule has 0 saturated heterocycles. The maximum Gasteiger partial charge on any atom is 0.417 e. The average Bonchev–Trinajstić information content (AvgIpc) is 2.86. The van der Waals surface area contributed by atoms with Crippen LogP contribution in [0.2, 0.25) is 5.02 Å². The van der Waals surface area contributed by atoms with Crippen LogP contribution in [0.3, 0.4) is 0 Å². The number of carbonyl (C=O) groups is 1. The molecule has 2 aromatic rings. The van der Waals surface area contributed by atoms with Crippen molar-refractivity contribution in [1.82, 2.24) is 5.16 Å². The van der Waals surface area contributed by atoms with Gasteiger partial charge in [-0.1, -0.05) is 35.7 Å². The lowest BCUT2D eigenvalue weighted by atomic mass is 9.89. The van der Waals surface area contributed by atoms with Gasteiger partial charge in [-0.25, -0.2) is 0 Å². The fraction of sp³-hybridized carbons (Fsp3) is 0.474. The number of rotatable bonds is 4. The van der Waals surface area contributed by atoms with Gasteiger partial charge in [-0.15, -0.1) is 0 Å². The van der Waals surface area contributed by atoms with Crippen molar-refractivity contribution in [1.29, 1.82) is 0 Å². The lowest BCUT2D eigenvalue weighted by Gasteiger charge is -2.15. The van der Waals surface area contributed by atoms with Crippen molar-refractivity contribution in [3.63, 3.8) is 0 Å². The van der Waals surface area contributed by atoms with E-state index in [9.17, 15) is 18.0 Å². The number of alkyl halides is 3. The number of nitrogens with two attached hydrogens (primary N) is 1. The van der Waals surface area contributed by atoms with E-state index in [1.54, 1.807) is 6.07 Å². The van der Waals surface area contributed by atoms with Crippen molar-refractivity contribution in [3.8, 4) is 0 Å². The number of nitrogen functional groups attached to an aromatic ring is 1. The number of benzene rings is 1. The molecule has 2 unspecified atom stereocenters. The normalized spacial score (nSPS) is 21.0. The first-order valence-corrected chi connectivity index (χ1v) is 9.24. The molecule has 3 rings (SSSR count). The van der Waals surface area contributed by atoms with Gasteiger partial charge in [-0.2, -0.15) is 13.2 Å². The lowest BCUT2D eigenvalue weighted by Crippen LogP contribution is -2.15. The fourth-order valence-corrected chi connectivity index (χ4v) is 3.99. The fourth-order valence-electron chi connectivity index (χ4n) is 3.70. The number of ketones is 1. The minimum absolute atomic E-state index is 0.142. The summed E-state index contributed by atoms with van der Waals surface area (Å²) in [6, 6.07) is 4.94. The van der Waals surface area contributed by atoms with Crippen LogP contribution in [0.1, 0.15) is 53.7 Å². The Morgan fingerprint density at radius 3 is 2.63 bits per heavy atom. The highest BCUT2D eigenvalue weighted by molar-refractivity contribution is 6.31. The molecule has 0 amide bonds. The van der Waals surface area contributed by atoms with Crippen molar-refractivity contribution in [2.45, 2.75) is 44.7 Å². The number of carbonyl (C=O) groups excluding carboxylic acids is 1. The van der Waals surface area contributed by atoms with Crippen LogP contribution in [-0.2, 0) is 12.6 Å². The third-order valence-corrected chi connectivity index (χ3v) is 5.41. The molecular weight excluding hydrogens is 381 g/mol. The van der Waals surface area contributed by atoms with E-state index in [4.69, 9.17) is 21.9 Å². The summed E-state index contributed by atoms with van der Waals surface area (Å²) in [7, 11) is 0. The molecule has 8 heteroatoms. The van der Waals surface area contributed by atoms with E-state index in [0.717, 1.165) is 49.9 Å². The molecule has 2 N–H and O–H groups in total. The first-order chi connectivity index (χ1) is 12.7. The summed E-state index contributed by atoms with van der Waals surface area (Å²) in [6.07, 6.45) is 0.307. The highest BCUT2D eigenvalue weighted by Crippen LogP contribution is 2.36. The van der Waals surface area contributed by atoms with Crippen LogP contribution >= 0.6 is 11.6 Å². The molecule has 0 spiro atoms. The summed E-state index contributed by atoms with van der Waals surface area (Å²) in [5.41, 5.74) is 5.65. The van der Waals surface area contributed by atoms with Gasteiger partial charge in [0.05, 0.1) is 16.3 Å². The number of aromatic nitrogens is 1. The number of hydrogen-bond donors (Lipinski definition) is 1. The Morgan fingerprint density at radius 1 is 1.22 bits per heavy atom. The first kappa shape index (κ1) is 19.7. The Kier molecular flexibility index (Phi) is 5.79. The van der Waals surface area contributed by atoms with Gasteiger partial charge >= 0.3 is 6.18 Å². The number of halogens is 4. The number of Topliss-reactive ketones (excluding diaryl/α,β-unsaturated/α-hetero) is 1. The zero-order valence-electron chi connectivity index (χ0n) is 14.6. The minimum atomic E-state index is -4.53. The summed E-state index contributed by atoms with van der Waals surface area (Å²) in [5, 5.41) is 3.47. The zero-order valence-corrected chi connectivity index (χ0v) is 15.3. The van der Waals surface area contributed by atoms with Gasteiger partial charge < -0.3 is 10.3 Å². The van der Waals surface area contributed by atoms with Crippen molar-refractivity contribution >= 4 is 23.3 Å². The van der Waals surface area contributed by atoms with E-state index >= 15 is 0 Å². The Balaban J connectivity index is 1.65. The lowest BCUT2D eigenvalue weighted by molar-refractivity contribution is -0.137. The standard InChI is InChI=1S/C19H20ClF3N2O2/c20-16-9-13(6-7-15(16)19(21,22)23)18(26)12-3-1-2-11(4-5-12)8-14-10-17(24)27-25-14/h6-7,9-12H,1-5,8,24H2. The second-order valence-corrected chi connectivity index (χ2v) is 7.46. The quantitative estimate of drug-likeness (QED) is 0.539. The Morgan fingerprint density at radius 2 is 2.00 bits per heavy atom. The molecule has 0 aliphatic heterocycles. The van der Waals surface area contributed by atoms with Crippen LogP contribution in [0, 0.1) is 11.8 Å². The molecule has 1 fully saturated rings. The molecule has 27 heavy (non-hydrogen) atoms. The monoisotopic (exact) mass is 400 g/mol. The Hall–Kier alpha value is -2.02. The minimum Gasteiger partial charge on any atom is -0.368 e. The van der Waals surface area contributed by atoms with Crippen molar-refractivity contribution in [2.24, 2.45) is 11.8 Å². The third-order valence-electron chi connectivity index (χ3n) is 5.09. The topological polar surface area (TPSA) is 69.1 Å². The highest BCUT2D eigenvalue weighted by atomic mass is 35.5. The zero-order chi connectivity index (χ0) is 19.6. The molecule has 1 aliphatic carbocycles. The summed E-state index contributed by atoms with van der Waals surface area (Å²) >= 11 is 5.75. The molecule has 1 aromatic carbocycles. The molecule has 1 aromatic heterocycles. The second kappa shape index (κ2) is 7.92. The molecule has 2 atom stereocenters. The third kappa shape index (κ3) is 4.83. The van der Waals surface area contributed by atoms with Crippen LogP contribution in [0.5, 0.6) is 0 Å². The van der Waals surface area contributed by atoms with E-state index in [1.807, 2.05) is 0 Å². The number of anilines is 1. The van der Waals surface area contributed by atoms with Gasteiger partial charge in [-0.3, -0.25) is 4.79 Å². The van der Waals surface area contributed by atoms with Gasteiger partial charge in [0.1, 0.15) is 0 Å². The highest BCUT2D eigenvalue weighted by Gasteiger charge is 2.34.